The van der Waals surface area contributed by atoms with Gasteiger partial charge in [-0.2, -0.15) is 0 Å². The zero-order valence-electron chi connectivity index (χ0n) is 28.4. The van der Waals surface area contributed by atoms with Crippen LogP contribution in [0.25, 0.3) is 91.8 Å². The van der Waals surface area contributed by atoms with Gasteiger partial charge in [-0.3, -0.25) is 0 Å². The number of para-hydroxylation sites is 1. The van der Waals surface area contributed by atoms with E-state index in [-0.39, 0.29) is 5.41 Å². The number of thioether (sulfide) groups is 1. The van der Waals surface area contributed by atoms with Gasteiger partial charge in [0.2, 0.25) is 0 Å². The molecule has 0 spiro atoms. The van der Waals surface area contributed by atoms with Crippen LogP contribution < -0.4 is 0 Å². The predicted molar refractivity (Wildman–Crippen MR) is 223 cm³/mol. The van der Waals surface area contributed by atoms with Gasteiger partial charge in [-0.1, -0.05) is 134 Å². The molecular weight excluding hydrogens is 655 g/mol. The fourth-order valence-corrected chi connectivity index (χ4v) is 11.4. The van der Waals surface area contributed by atoms with Crippen LogP contribution in [0.1, 0.15) is 18.9 Å². The maximum absolute atomic E-state index is 2.56. The molecular formula is C48H33NS2. The second-order valence-corrected chi connectivity index (χ2v) is 16.0. The van der Waals surface area contributed by atoms with E-state index in [4.69, 9.17) is 0 Å². The van der Waals surface area contributed by atoms with Crippen LogP contribution in [0.5, 0.6) is 0 Å². The average Bonchev–Trinajstić information content (AvgIpc) is 3.84. The van der Waals surface area contributed by atoms with Crippen molar-refractivity contribution in [2.75, 3.05) is 6.26 Å². The SMILES string of the molecule is CSc1c(C2(C)C=CC=CC2)c2c3ccccc3sc2c2c3ccccc3n(-c3cccc(-c4ccc5c6c(cccc46)-c4ccccc4-5)c3)c12. The average molecular weight is 688 g/mol. The Balaban J connectivity index is 1.24. The normalized spacial score (nSPS) is 16.4. The molecule has 0 amide bonds. The third-order valence-electron chi connectivity index (χ3n) is 11.4. The summed E-state index contributed by atoms with van der Waals surface area (Å²) >= 11 is 3.85. The van der Waals surface area contributed by atoms with Crippen molar-refractivity contribution in [3.63, 3.8) is 0 Å². The molecule has 3 heteroatoms. The van der Waals surface area contributed by atoms with E-state index >= 15 is 0 Å². The number of nitrogens with zero attached hydrogens (tertiary/aromatic N) is 1. The third-order valence-corrected chi connectivity index (χ3v) is 13.4. The number of benzene rings is 7. The summed E-state index contributed by atoms with van der Waals surface area (Å²) in [6.45, 7) is 2.43. The summed E-state index contributed by atoms with van der Waals surface area (Å²) in [6, 6.07) is 47.6. The van der Waals surface area contributed by atoms with E-state index in [1.807, 2.05) is 23.1 Å². The highest BCUT2D eigenvalue weighted by atomic mass is 32.2. The van der Waals surface area contributed by atoms with Crippen molar-refractivity contribution in [2.24, 2.45) is 0 Å². The Morgan fingerprint density at radius 3 is 2.16 bits per heavy atom. The molecule has 11 rings (SSSR count). The summed E-state index contributed by atoms with van der Waals surface area (Å²) in [6.07, 6.45) is 12.5. The number of rotatable bonds is 4. The fourth-order valence-electron chi connectivity index (χ4n) is 9.18. The van der Waals surface area contributed by atoms with Crippen molar-refractivity contribution in [2.45, 2.75) is 23.7 Å². The highest BCUT2D eigenvalue weighted by Gasteiger charge is 2.34. The molecule has 242 valence electrons. The lowest BCUT2D eigenvalue weighted by atomic mass is 9.75. The molecule has 2 aliphatic carbocycles. The lowest BCUT2D eigenvalue weighted by Gasteiger charge is -2.31. The first-order chi connectivity index (χ1) is 25.1. The molecule has 1 nitrogen and oxygen atoms in total. The van der Waals surface area contributed by atoms with Crippen LogP contribution in [-0.2, 0) is 5.41 Å². The summed E-state index contributed by atoms with van der Waals surface area (Å²) in [5, 5.41) is 8.13. The van der Waals surface area contributed by atoms with E-state index < -0.39 is 0 Å². The third kappa shape index (κ3) is 3.99. The van der Waals surface area contributed by atoms with Crippen LogP contribution in [0.4, 0.5) is 0 Å². The Morgan fingerprint density at radius 2 is 1.33 bits per heavy atom. The molecule has 9 aromatic rings. The van der Waals surface area contributed by atoms with Crippen LogP contribution >= 0.6 is 23.1 Å². The Kier molecular flexibility index (Phi) is 6.24. The van der Waals surface area contributed by atoms with Gasteiger partial charge in [-0.25, -0.2) is 0 Å². The van der Waals surface area contributed by atoms with Crippen molar-refractivity contribution in [3.8, 4) is 39.1 Å². The molecule has 7 aromatic carbocycles. The second-order valence-electron chi connectivity index (χ2n) is 14.2. The van der Waals surface area contributed by atoms with Gasteiger partial charge >= 0.3 is 0 Å². The Morgan fingerprint density at radius 1 is 0.627 bits per heavy atom. The van der Waals surface area contributed by atoms with Gasteiger partial charge < -0.3 is 4.57 Å². The number of allylic oxidation sites excluding steroid dienone is 4. The van der Waals surface area contributed by atoms with Crippen molar-refractivity contribution < 1.29 is 0 Å². The van der Waals surface area contributed by atoms with Crippen molar-refractivity contribution in [1.29, 1.82) is 0 Å². The molecule has 0 fully saturated rings. The minimum absolute atomic E-state index is 0.130. The number of hydrogen-bond donors (Lipinski definition) is 0. The predicted octanol–water partition coefficient (Wildman–Crippen LogP) is 14.1. The zero-order valence-corrected chi connectivity index (χ0v) is 30.0. The van der Waals surface area contributed by atoms with E-state index in [0.717, 1.165) is 6.42 Å². The summed E-state index contributed by atoms with van der Waals surface area (Å²) in [5.74, 6) is 0. The molecule has 0 saturated carbocycles. The highest BCUT2D eigenvalue weighted by Crippen LogP contribution is 2.54. The van der Waals surface area contributed by atoms with Crippen LogP contribution in [-0.4, -0.2) is 10.8 Å². The Labute approximate surface area is 305 Å². The molecule has 0 N–H and O–H groups in total. The van der Waals surface area contributed by atoms with Gasteiger partial charge in [0.05, 0.1) is 11.0 Å². The lowest BCUT2D eigenvalue weighted by Crippen LogP contribution is -2.21. The highest BCUT2D eigenvalue weighted by molar-refractivity contribution is 7.98. The largest absolute Gasteiger partial charge is 0.308 e. The van der Waals surface area contributed by atoms with Crippen molar-refractivity contribution >= 4 is 75.8 Å². The van der Waals surface area contributed by atoms with Gasteiger partial charge in [0, 0.05) is 46.9 Å². The van der Waals surface area contributed by atoms with Crippen molar-refractivity contribution in [1.82, 2.24) is 4.57 Å². The molecule has 1 atom stereocenters. The molecule has 2 aliphatic rings. The standard InChI is InChI=1S/C48H33NS2/c1-48(26-10-3-11-27-48)44-42-38-19-7-9-23-40(38)51-46(42)43-37-18-6-8-22-39(37)49(45(43)47(44)50-2)30-15-12-14-29(28-30)31-24-25-36-33-17-5-4-16-32(33)35-21-13-20-34(31)41(35)36/h3-26,28H,27H2,1-2H3. The second kappa shape index (κ2) is 10.8. The molecule has 1 unspecified atom stereocenters. The maximum atomic E-state index is 2.56. The van der Waals surface area contributed by atoms with Crippen LogP contribution in [0.3, 0.4) is 0 Å². The van der Waals surface area contributed by atoms with Gasteiger partial charge in [0.15, 0.2) is 0 Å². The monoisotopic (exact) mass is 687 g/mol. The molecule has 2 heterocycles. The number of hydrogen-bond acceptors (Lipinski definition) is 2. The maximum Gasteiger partial charge on any atom is 0.0694 e. The van der Waals surface area contributed by atoms with Crippen molar-refractivity contribution in [3.05, 3.63) is 157 Å². The van der Waals surface area contributed by atoms with E-state index in [1.165, 1.54) is 102 Å². The van der Waals surface area contributed by atoms with Gasteiger partial charge in [-0.05, 0) is 86.7 Å². The minimum Gasteiger partial charge on any atom is -0.308 e. The number of aromatic nitrogens is 1. The molecule has 0 radical (unpaired) electrons. The van der Waals surface area contributed by atoms with Crippen LogP contribution in [0.2, 0.25) is 0 Å². The summed E-state index contributed by atoms with van der Waals surface area (Å²) < 4.78 is 5.30. The first-order valence-electron chi connectivity index (χ1n) is 17.7. The zero-order chi connectivity index (χ0) is 33.8. The van der Waals surface area contributed by atoms with Crippen LogP contribution in [0, 0.1) is 0 Å². The number of fused-ring (bicyclic) bond motifs is 10. The number of thiophene rings is 1. The molecule has 51 heavy (non-hydrogen) atoms. The lowest BCUT2D eigenvalue weighted by molar-refractivity contribution is 0.595. The summed E-state index contributed by atoms with van der Waals surface area (Å²) in [7, 11) is 0. The first-order valence-corrected chi connectivity index (χ1v) is 19.7. The molecule has 0 bridgehead atoms. The van der Waals surface area contributed by atoms with Gasteiger partial charge in [0.1, 0.15) is 0 Å². The Bertz CT molecular complexity index is 2980. The molecule has 0 saturated heterocycles. The van der Waals surface area contributed by atoms with E-state index in [9.17, 15) is 0 Å². The molecule has 0 aliphatic heterocycles. The quantitative estimate of drug-likeness (QED) is 0.167. The van der Waals surface area contributed by atoms with Gasteiger partial charge in [0.25, 0.3) is 0 Å². The Hall–Kier alpha value is -5.35. The minimum atomic E-state index is -0.130. The topological polar surface area (TPSA) is 4.93 Å². The van der Waals surface area contributed by atoms with E-state index in [0.29, 0.717) is 0 Å². The fraction of sp³-hybridized carbons (Fsp3) is 0.0833. The smallest absolute Gasteiger partial charge is 0.0694 e. The molecule has 2 aromatic heterocycles. The van der Waals surface area contributed by atoms with Gasteiger partial charge in [-0.15, -0.1) is 23.1 Å². The van der Waals surface area contributed by atoms with E-state index in [2.05, 4.69) is 169 Å². The summed E-state index contributed by atoms with van der Waals surface area (Å²) in [4.78, 5) is 1.37. The first kappa shape index (κ1) is 29.4. The van der Waals surface area contributed by atoms with E-state index in [1.54, 1.807) is 0 Å². The summed E-state index contributed by atoms with van der Waals surface area (Å²) in [5.41, 5.74) is 12.9. The van der Waals surface area contributed by atoms with Crippen LogP contribution in [0.15, 0.2) is 157 Å².